The molecule has 2 nitrogen and oxygen atoms in total. The van der Waals surface area contributed by atoms with Crippen molar-refractivity contribution in [3.63, 3.8) is 0 Å². The van der Waals surface area contributed by atoms with E-state index in [0.29, 0.717) is 0 Å². The van der Waals surface area contributed by atoms with Crippen LogP contribution in [0, 0.1) is 0 Å². The second-order valence-electron chi connectivity index (χ2n) is 3.81. The van der Waals surface area contributed by atoms with Gasteiger partial charge in [0.2, 0.25) is 0 Å². The lowest BCUT2D eigenvalue weighted by Crippen LogP contribution is -1.73. The fourth-order valence-corrected chi connectivity index (χ4v) is 4.56. The molecule has 19 heavy (non-hydrogen) atoms. The topological polar surface area (TPSA) is 18.5 Å². The van der Waals surface area contributed by atoms with Crippen LogP contribution in [0.4, 0.5) is 0 Å². The maximum Gasteiger partial charge on any atom is 0.173 e. The van der Waals surface area contributed by atoms with E-state index in [1.807, 2.05) is 12.1 Å². The molecule has 0 aliphatic rings. The van der Waals surface area contributed by atoms with Crippen LogP contribution in [0.2, 0.25) is 0 Å². The Kier molecular flexibility index (Phi) is 3.59. The number of ether oxygens (including phenoxy) is 2. The Labute approximate surface area is 123 Å². The second kappa shape index (κ2) is 5.36. The average Bonchev–Trinajstić information content (AvgIpc) is 3.16. The molecule has 0 radical (unpaired) electrons. The molecule has 0 atom stereocenters. The molecule has 3 heterocycles. The number of hydrogen-bond acceptors (Lipinski definition) is 5. The summed E-state index contributed by atoms with van der Waals surface area (Å²) in [6.45, 7) is 0. The van der Waals surface area contributed by atoms with Gasteiger partial charge in [0.15, 0.2) is 10.1 Å². The Bertz CT molecular complexity index is 621. The molecular formula is C14H12O2S3. The van der Waals surface area contributed by atoms with Crippen molar-refractivity contribution < 1.29 is 9.47 Å². The summed E-state index contributed by atoms with van der Waals surface area (Å²) in [6.07, 6.45) is 0. The molecule has 0 amide bonds. The van der Waals surface area contributed by atoms with Crippen LogP contribution in [0.15, 0.2) is 36.4 Å². The highest BCUT2D eigenvalue weighted by molar-refractivity contribution is 7.27. The third kappa shape index (κ3) is 2.54. The minimum Gasteiger partial charge on any atom is -0.487 e. The summed E-state index contributed by atoms with van der Waals surface area (Å²) in [4.78, 5) is 5.04. The first-order valence-corrected chi connectivity index (χ1v) is 8.13. The van der Waals surface area contributed by atoms with Gasteiger partial charge in [-0.05, 0) is 36.4 Å². The number of methoxy groups -OCH3 is 2. The highest BCUT2D eigenvalue weighted by atomic mass is 32.1. The summed E-state index contributed by atoms with van der Waals surface area (Å²) in [5.41, 5.74) is 0. The summed E-state index contributed by atoms with van der Waals surface area (Å²) in [7, 11) is 3.40. The van der Waals surface area contributed by atoms with Gasteiger partial charge in [0.1, 0.15) is 0 Å². The monoisotopic (exact) mass is 308 g/mol. The van der Waals surface area contributed by atoms with Gasteiger partial charge in [0.05, 0.1) is 14.2 Å². The lowest BCUT2D eigenvalue weighted by Gasteiger charge is -1.92. The fourth-order valence-electron chi connectivity index (χ4n) is 1.73. The van der Waals surface area contributed by atoms with Crippen LogP contribution in [0.3, 0.4) is 0 Å². The van der Waals surface area contributed by atoms with Crippen molar-refractivity contribution in [1.29, 1.82) is 0 Å². The van der Waals surface area contributed by atoms with Crippen LogP contribution in [-0.2, 0) is 0 Å². The van der Waals surface area contributed by atoms with Crippen LogP contribution in [-0.4, -0.2) is 14.2 Å². The van der Waals surface area contributed by atoms with Gasteiger partial charge in [-0.25, -0.2) is 0 Å². The lowest BCUT2D eigenvalue weighted by atomic mass is 10.3. The Morgan fingerprint density at radius 2 is 0.947 bits per heavy atom. The number of thiophene rings is 3. The molecule has 0 unspecified atom stereocenters. The quantitative estimate of drug-likeness (QED) is 0.657. The van der Waals surface area contributed by atoms with E-state index in [-0.39, 0.29) is 0 Å². The Hall–Kier alpha value is -1.30. The van der Waals surface area contributed by atoms with Crippen LogP contribution >= 0.6 is 34.0 Å². The smallest absolute Gasteiger partial charge is 0.173 e. The molecule has 3 aromatic rings. The van der Waals surface area contributed by atoms with E-state index in [1.54, 1.807) is 48.2 Å². The van der Waals surface area contributed by atoms with Crippen molar-refractivity contribution in [3.05, 3.63) is 36.4 Å². The summed E-state index contributed by atoms with van der Waals surface area (Å²) < 4.78 is 10.5. The van der Waals surface area contributed by atoms with Crippen molar-refractivity contribution in [2.45, 2.75) is 0 Å². The molecule has 98 valence electrons. The van der Waals surface area contributed by atoms with E-state index in [2.05, 4.69) is 24.3 Å². The van der Waals surface area contributed by atoms with E-state index in [0.717, 1.165) is 10.1 Å². The van der Waals surface area contributed by atoms with Crippen LogP contribution in [0.1, 0.15) is 0 Å². The Morgan fingerprint density at radius 3 is 1.32 bits per heavy atom. The average molecular weight is 308 g/mol. The zero-order valence-corrected chi connectivity index (χ0v) is 13.0. The molecule has 0 saturated carbocycles. The van der Waals surface area contributed by atoms with Crippen LogP contribution < -0.4 is 9.47 Å². The predicted octanol–water partition coefficient (Wildman–Crippen LogP) is 5.22. The predicted molar refractivity (Wildman–Crippen MR) is 84.0 cm³/mol. The van der Waals surface area contributed by atoms with Gasteiger partial charge >= 0.3 is 0 Å². The summed E-state index contributed by atoms with van der Waals surface area (Å²) in [6, 6.07) is 12.6. The van der Waals surface area contributed by atoms with Crippen molar-refractivity contribution in [3.8, 4) is 29.6 Å². The SMILES string of the molecule is COc1ccc(-c2ccc(-c3ccc(OC)s3)s2)s1. The maximum atomic E-state index is 5.23. The first kappa shape index (κ1) is 12.7. The van der Waals surface area contributed by atoms with Crippen LogP contribution in [0.25, 0.3) is 19.5 Å². The fraction of sp³-hybridized carbons (Fsp3) is 0.143. The molecule has 0 N–H and O–H groups in total. The zero-order valence-electron chi connectivity index (χ0n) is 10.5. The second-order valence-corrected chi connectivity index (χ2v) is 6.99. The molecule has 0 bridgehead atoms. The van der Waals surface area contributed by atoms with Gasteiger partial charge in [-0.3, -0.25) is 0 Å². The van der Waals surface area contributed by atoms with Gasteiger partial charge in [0.25, 0.3) is 0 Å². The minimum absolute atomic E-state index is 0.947. The van der Waals surface area contributed by atoms with E-state index in [4.69, 9.17) is 9.47 Å². The van der Waals surface area contributed by atoms with E-state index in [9.17, 15) is 0 Å². The van der Waals surface area contributed by atoms with Gasteiger partial charge < -0.3 is 9.47 Å². The van der Waals surface area contributed by atoms with E-state index in [1.165, 1.54) is 19.5 Å². The summed E-state index contributed by atoms with van der Waals surface area (Å²) >= 11 is 5.14. The first-order valence-electron chi connectivity index (χ1n) is 5.68. The van der Waals surface area contributed by atoms with Crippen LogP contribution in [0.5, 0.6) is 10.1 Å². The summed E-state index contributed by atoms with van der Waals surface area (Å²) in [5.74, 6) is 0. The minimum atomic E-state index is 0.947. The molecule has 0 aliphatic carbocycles. The van der Waals surface area contributed by atoms with Crippen molar-refractivity contribution >= 4 is 34.0 Å². The molecule has 0 aliphatic heterocycles. The van der Waals surface area contributed by atoms with Gasteiger partial charge in [-0.15, -0.1) is 11.3 Å². The summed E-state index contributed by atoms with van der Waals surface area (Å²) in [5, 5.41) is 1.89. The standard InChI is InChI=1S/C14H12O2S3/c1-15-13-7-5-11(18-13)9-3-4-10(17-9)12-6-8-14(16-2)19-12/h3-8H,1-2H3. The van der Waals surface area contributed by atoms with Gasteiger partial charge in [-0.1, -0.05) is 22.7 Å². The van der Waals surface area contributed by atoms with E-state index < -0.39 is 0 Å². The Balaban J connectivity index is 1.90. The zero-order chi connectivity index (χ0) is 13.2. The molecule has 3 aromatic heterocycles. The molecule has 0 fully saturated rings. The van der Waals surface area contributed by atoms with Crippen molar-refractivity contribution in [2.24, 2.45) is 0 Å². The Morgan fingerprint density at radius 1 is 0.579 bits per heavy atom. The molecule has 5 heteroatoms. The highest BCUT2D eigenvalue weighted by Crippen LogP contribution is 2.42. The van der Waals surface area contributed by atoms with Gasteiger partial charge in [-0.2, -0.15) is 0 Å². The third-order valence-electron chi connectivity index (χ3n) is 2.66. The first-order chi connectivity index (χ1) is 9.30. The van der Waals surface area contributed by atoms with Gasteiger partial charge in [0, 0.05) is 19.5 Å². The maximum absolute atomic E-state index is 5.23. The number of hydrogen-bond donors (Lipinski definition) is 0. The molecule has 0 saturated heterocycles. The lowest BCUT2D eigenvalue weighted by molar-refractivity contribution is 0.427. The van der Waals surface area contributed by atoms with E-state index >= 15 is 0 Å². The molecule has 0 aromatic carbocycles. The third-order valence-corrected chi connectivity index (χ3v) is 6.23. The normalized spacial score (nSPS) is 10.6. The highest BCUT2D eigenvalue weighted by Gasteiger charge is 2.09. The molecular weight excluding hydrogens is 296 g/mol. The van der Waals surface area contributed by atoms with Crippen molar-refractivity contribution in [1.82, 2.24) is 0 Å². The largest absolute Gasteiger partial charge is 0.487 e. The molecule has 0 spiro atoms. The molecule has 3 rings (SSSR count). The number of rotatable bonds is 4. The van der Waals surface area contributed by atoms with Crippen molar-refractivity contribution in [2.75, 3.05) is 14.2 Å².